The first-order chi connectivity index (χ1) is 6.83. The van der Waals surface area contributed by atoms with Crippen LogP contribution in [-0.2, 0) is 6.42 Å². The molecule has 0 saturated carbocycles. The monoisotopic (exact) mass is 196 g/mol. The third-order valence-corrected chi connectivity index (χ3v) is 2.06. The van der Waals surface area contributed by atoms with Gasteiger partial charge in [-0.1, -0.05) is 12.1 Å². The number of nitrogens with one attached hydrogen (secondary N) is 2. The Hall–Kier alpha value is -0.930. The van der Waals surface area contributed by atoms with Crippen LogP contribution in [0.2, 0.25) is 0 Å². The molecular formula is C11H17FN2. The standard InChI is InChI=1S/C11H17FN2/c1-13-8-9-14-7-6-10-2-4-11(12)5-3-10/h2-5,13-14H,6-9H2,1H3. The van der Waals surface area contributed by atoms with Gasteiger partial charge in [-0.05, 0) is 37.7 Å². The Labute approximate surface area is 84.5 Å². The lowest BCUT2D eigenvalue weighted by Crippen LogP contribution is -2.26. The molecule has 0 aliphatic rings. The molecule has 78 valence electrons. The fraction of sp³-hybridized carbons (Fsp3) is 0.455. The van der Waals surface area contributed by atoms with E-state index in [0.717, 1.165) is 26.1 Å². The van der Waals surface area contributed by atoms with Crippen LogP contribution >= 0.6 is 0 Å². The lowest BCUT2D eigenvalue weighted by molar-refractivity contribution is 0.624. The molecule has 3 heteroatoms. The maximum Gasteiger partial charge on any atom is 0.123 e. The van der Waals surface area contributed by atoms with E-state index < -0.39 is 0 Å². The lowest BCUT2D eigenvalue weighted by Gasteiger charge is -2.04. The average Bonchev–Trinajstić information content (AvgIpc) is 2.21. The first-order valence-electron chi connectivity index (χ1n) is 4.92. The van der Waals surface area contributed by atoms with Crippen LogP contribution < -0.4 is 10.6 Å². The summed E-state index contributed by atoms with van der Waals surface area (Å²) in [6.07, 6.45) is 0.948. The minimum absolute atomic E-state index is 0.170. The smallest absolute Gasteiger partial charge is 0.123 e. The van der Waals surface area contributed by atoms with E-state index in [9.17, 15) is 4.39 Å². The molecule has 0 fully saturated rings. The molecule has 0 aliphatic carbocycles. The van der Waals surface area contributed by atoms with Gasteiger partial charge in [0.15, 0.2) is 0 Å². The fourth-order valence-electron chi connectivity index (χ4n) is 1.22. The Bertz CT molecular complexity index is 246. The van der Waals surface area contributed by atoms with Crippen molar-refractivity contribution in [3.8, 4) is 0 Å². The molecule has 2 N–H and O–H groups in total. The third kappa shape index (κ3) is 4.35. The Balaban J connectivity index is 2.15. The number of hydrogen-bond donors (Lipinski definition) is 2. The van der Waals surface area contributed by atoms with Gasteiger partial charge >= 0.3 is 0 Å². The molecular weight excluding hydrogens is 179 g/mol. The molecule has 0 atom stereocenters. The summed E-state index contributed by atoms with van der Waals surface area (Å²) < 4.78 is 12.6. The Morgan fingerprint density at radius 2 is 1.79 bits per heavy atom. The Kier molecular flexibility index (Phi) is 5.19. The molecule has 0 unspecified atom stereocenters. The van der Waals surface area contributed by atoms with E-state index in [1.54, 1.807) is 0 Å². The zero-order valence-corrected chi connectivity index (χ0v) is 8.52. The van der Waals surface area contributed by atoms with E-state index in [4.69, 9.17) is 0 Å². The number of likely N-dealkylation sites (N-methyl/N-ethyl adjacent to an activating group) is 1. The normalized spacial score (nSPS) is 10.4. The predicted molar refractivity (Wildman–Crippen MR) is 56.9 cm³/mol. The van der Waals surface area contributed by atoms with Crippen LogP contribution in [0.15, 0.2) is 24.3 Å². The van der Waals surface area contributed by atoms with Crippen molar-refractivity contribution in [2.24, 2.45) is 0 Å². The molecule has 0 aliphatic heterocycles. The summed E-state index contributed by atoms with van der Waals surface area (Å²) in [7, 11) is 1.93. The van der Waals surface area contributed by atoms with E-state index in [1.165, 1.54) is 17.7 Å². The van der Waals surface area contributed by atoms with Crippen LogP contribution in [0.25, 0.3) is 0 Å². The molecule has 0 heterocycles. The van der Waals surface area contributed by atoms with Crippen molar-refractivity contribution >= 4 is 0 Å². The molecule has 0 radical (unpaired) electrons. The van der Waals surface area contributed by atoms with Gasteiger partial charge < -0.3 is 10.6 Å². The molecule has 14 heavy (non-hydrogen) atoms. The third-order valence-electron chi connectivity index (χ3n) is 2.06. The highest BCUT2D eigenvalue weighted by Gasteiger charge is 1.93. The molecule has 2 nitrogen and oxygen atoms in total. The molecule has 0 bridgehead atoms. The van der Waals surface area contributed by atoms with E-state index >= 15 is 0 Å². The van der Waals surface area contributed by atoms with Crippen LogP contribution in [0.4, 0.5) is 4.39 Å². The first-order valence-corrected chi connectivity index (χ1v) is 4.92. The van der Waals surface area contributed by atoms with Gasteiger partial charge in [-0.2, -0.15) is 0 Å². The van der Waals surface area contributed by atoms with Crippen molar-refractivity contribution in [1.82, 2.24) is 10.6 Å². The molecule has 1 aromatic carbocycles. The molecule has 0 amide bonds. The molecule has 1 rings (SSSR count). The van der Waals surface area contributed by atoms with E-state index in [1.807, 2.05) is 19.2 Å². The van der Waals surface area contributed by atoms with Crippen LogP contribution in [-0.4, -0.2) is 26.7 Å². The highest BCUT2D eigenvalue weighted by atomic mass is 19.1. The van der Waals surface area contributed by atoms with Gasteiger partial charge in [0.2, 0.25) is 0 Å². The van der Waals surface area contributed by atoms with Gasteiger partial charge in [0.25, 0.3) is 0 Å². The highest BCUT2D eigenvalue weighted by molar-refractivity contribution is 5.16. The van der Waals surface area contributed by atoms with Crippen molar-refractivity contribution in [3.05, 3.63) is 35.6 Å². The second-order valence-corrected chi connectivity index (χ2v) is 3.23. The summed E-state index contributed by atoms with van der Waals surface area (Å²) in [6, 6.07) is 6.66. The van der Waals surface area contributed by atoms with E-state index in [0.29, 0.717) is 0 Å². The zero-order valence-electron chi connectivity index (χ0n) is 8.52. The summed E-state index contributed by atoms with van der Waals surface area (Å²) >= 11 is 0. The van der Waals surface area contributed by atoms with Crippen LogP contribution in [0, 0.1) is 5.82 Å². The summed E-state index contributed by atoms with van der Waals surface area (Å²) in [5, 5.41) is 6.35. The van der Waals surface area contributed by atoms with Gasteiger partial charge in [-0.25, -0.2) is 4.39 Å². The van der Waals surface area contributed by atoms with Gasteiger partial charge in [-0.15, -0.1) is 0 Å². The second kappa shape index (κ2) is 6.51. The van der Waals surface area contributed by atoms with Crippen LogP contribution in [0.1, 0.15) is 5.56 Å². The zero-order chi connectivity index (χ0) is 10.2. The van der Waals surface area contributed by atoms with Crippen molar-refractivity contribution in [1.29, 1.82) is 0 Å². The molecule has 0 aromatic heterocycles. The van der Waals surface area contributed by atoms with Crippen LogP contribution in [0.5, 0.6) is 0 Å². The maximum atomic E-state index is 12.6. The number of hydrogen-bond acceptors (Lipinski definition) is 2. The second-order valence-electron chi connectivity index (χ2n) is 3.23. The van der Waals surface area contributed by atoms with E-state index in [-0.39, 0.29) is 5.82 Å². The number of rotatable bonds is 6. The molecule has 1 aromatic rings. The van der Waals surface area contributed by atoms with E-state index in [2.05, 4.69) is 10.6 Å². The topological polar surface area (TPSA) is 24.1 Å². The quantitative estimate of drug-likeness (QED) is 0.668. The SMILES string of the molecule is CNCCNCCc1ccc(F)cc1. The van der Waals surface area contributed by atoms with Gasteiger partial charge in [-0.3, -0.25) is 0 Å². The minimum Gasteiger partial charge on any atom is -0.318 e. The summed E-state index contributed by atoms with van der Waals surface area (Å²) in [4.78, 5) is 0. The van der Waals surface area contributed by atoms with Gasteiger partial charge in [0.1, 0.15) is 5.82 Å². The number of halogens is 1. The minimum atomic E-state index is -0.170. The van der Waals surface area contributed by atoms with Crippen molar-refractivity contribution in [3.63, 3.8) is 0 Å². The summed E-state index contributed by atoms with van der Waals surface area (Å²) in [5.41, 5.74) is 1.17. The Morgan fingerprint density at radius 3 is 2.43 bits per heavy atom. The fourth-order valence-corrected chi connectivity index (χ4v) is 1.22. The largest absolute Gasteiger partial charge is 0.318 e. The van der Waals surface area contributed by atoms with Crippen molar-refractivity contribution in [2.45, 2.75) is 6.42 Å². The summed E-state index contributed by atoms with van der Waals surface area (Å²) in [6.45, 7) is 2.88. The molecule has 0 saturated heterocycles. The molecule has 0 spiro atoms. The van der Waals surface area contributed by atoms with Crippen molar-refractivity contribution < 1.29 is 4.39 Å². The first kappa shape index (κ1) is 11.1. The van der Waals surface area contributed by atoms with Gasteiger partial charge in [0, 0.05) is 13.1 Å². The average molecular weight is 196 g/mol. The lowest BCUT2D eigenvalue weighted by atomic mass is 10.1. The predicted octanol–water partition coefficient (Wildman–Crippen LogP) is 1.18. The number of benzene rings is 1. The van der Waals surface area contributed by atoms with Gasteiger partial charge in [0.05, 0.1) is 0 Å². The maximum absolute atomic E-state index is 12.6. The summed E-state index contributed by atoms with van der Waals surface area (Å²) in [5.74, 6) is -0.170. The Morgan fingerprint density at radius 1 is 1.07 bits per heavy atom. The van der Waals surface area contributed by atoms with Crippen LogP contribution in [0.3, 0.4) is 0 Å². The highest BCUT2D eigenvalue weighted by Crippen LogP contribution is 2.02. The van der Waals surface area contributed by atoms with Crippen molar-refractivity contribution in [2.75, 3.05) is 26.7 Å².